The predicted octanol–water partition coefficient (Wildman–Crippen LogP) is 5.46. The number of hydrogen-bond donors (Lipinski definition) is 1. The number of nitrogens with one attached hydrogen (secondary N) is 1. The first-order valence-electron chi connectivity index (χ1n) is 6.80. The van der Waals surface area contributed by atoms with E-state index < -0.39 is 0 Å². The van der Waals surface area contributed by atoms with E-state index in [1.807, 2.05) is 49.5 Å². The van der Waals surface area contributed by atoms with E-state index >= 15 is 0 Å². The first-order chi connectivity index (χ1) is 10.2. The van der Waals surface area contributed by atoms with Crippen LogP contribution in [0.5, 0.6) is 0 Å². The predicted molar refractivity (Wildman–Crippen MR) is 91.3 cm³/mol. The highest BCUT2D eigenvalue weighted by atomic mass is 35.5. The maximum atomic E-state index is 6.31. The summed E-state index contributed by atoms with van der Waals surface area (Å²) in [6, 6.07) is 20.3. The molecule has 1 atom stereocenters. The quantitative estimate of drug-likeness (QED) is 0.677. The average molecular weight is 316 g/mol. The van der Waals surface area contributed by atoms with Crippen molar-refractivity contribution >= 4 is 34.0 Å². The van der Waals surface area contributed by atoms with Gasteiger partial charge in [0, 0.05) is 15.4 Å². The van der Waals surface area contributed by atoms with E-state index in [-0.39, 0.29) is 6.04 Å². The van der Waals surface area contributed by atoms with Gasteiger partial charge < -0.3 is 5.32 Å². The highest BCUT2D eigenvalue weighted by Crippen LogP contribution is 2.33. The summed E-state index contributed by atoms with van der Waals surface area (Å²) < 4.78 is 0. The number of halogens is 2. The van der Waals surface area contributed by atoms with Crippen molar-refractivity contribution in [1.29, 1.82) is 0 Å². The number of rotatable bonds is 3. The first kappa shape index (κ1) is 14.4. The molecule has 0 heterocycles. The molecule has 3 rings (SSSR count). The zero-order valence-electron chi connectivity index (χ0n) is 11.6. The first-order valence-corrected chi connectivity index (χ1v) is 7.56. The van der Waals surface area contributed by atoms with E-state index in [0.29, 0.717) is 0 Å². The molecule has 0 saturated carbocycles. The molecule has 1 unspecified atom stereocenters. The van der Waals surface area contributed by atoms with E-state index in [4.69, 9.17) is 23.2 Å². The Morgan fingerprint density at radius 3 is 2.14 bits per heavy atom. The Morgan fingerprint density at radius 2 is 1.48 bits per heavy atom. The molecule has 0 amide bonds. The van der Waals surface area contributed by atoms with Crippen molar-refractivity contribution in [3.63, 3.8) is 0 Å². The van der Waals surface area contributed by atoms with Gasteiger partial charge in [0.05, 0.1) is 6.04 Å². The fourth-order valence-corrected chi connectivity index (χ4v) is 3.05. The SMILES string of the molecule is CNC(c1ccc(Cl)cc1)c1ccc(Cl)c2ccccc12. The van der Waals surface area contributed by atoms with Crippen LogP contribution in [0.3, 0.4) is 0 Å². The minimum absolute atomic E-state index is 0.101. The average Bonchev–Trinajstić information content (AvgIpc) is 2.52. The van der Waals surface area contributed by atoms with Crippen LogP contribution in [0.4, 0.5) is 0 Å². The van der Waals surface area contributed by atoms with Crippen LogP contribution in [0.1, 0.15) is 17.2 Å². The molecule has 0 radical (unpaired) electrons. The summed E-state index contributed by atoms with van der Waals surface area (Å²) in [5.74, 6) is 0. The third kappa shape index (κ3) is 2.77. The molecule has 0 aliphatic rings. The Hall–Kier alpha value is -1.54. The molecular weight excluding hydrogens is 301 g/mol. The van der Waals surface area contributed by atoms with Gasteiger partial charge in [-0.25, -0.2) is 0 Å². The van der Waals surface area contributed by atoms with Gasteiger partial charge in [-0.1, -0.05) is 65.7 Å². The number of hydrogen-bond acceptors (Lipinski definition) is 1. The molecule has 1 N–H and O–H groups in total. The zero-order chi connectivity index (χ0) is 14.8. The van der Waals surface area contributed by atoms with Gasteiger partial charge in [0.1, 0.15) is 0 Å². The molecule has 1 nitrogen and oxygen atoms in total. The number of benzene rings is 3. The highest BCUT2D eigenvalue weighted by molar-refractivity contribution is 6.35. The van der Waals surface area contributed by atoms with Crippen LogP contribution in [0, 0.1) is 0 Å². The molecule has 0 aliphatic heterocycles. The van der Waals surface area contributed by atoms with E-state index in [0.717, 1.165) is 15.4 Å². The summed E-state index contributed by atoms with van der Waals surface area (Å²) in [5, 5.41) is 7.14. The van der Waals surface area contributed by atoms with Crippen LogP contribution in [0.2, 0.25) is 10.0 Å². The summed E-state index contributed by atoms with van der Waals surface area (Å²) >= 11 is 12.3. The van der Waals surface area contributed by atoms with Crippen molar-refractivity contribution in [1.82, 2.24) is 5.32 Å². The lowest BCUT2D eigenvalue weighted by molar-refractivity contribution is 0.697. The molecule has 21 heavy (non-hydrogen) atoms. The Kier molecular flexibility index (Phi) is 4.16. The van der Waals surface area contributed by atoms with E-state index in [9.17, 15) is 0 Å². The molecule has 0 aromatic heterocycles. The smallest absolute Gasteiger partial charge is 0.0580 e. The molecule has 3 aromatic carbocycles. The molecule has 0 bridgehead atoms. The summed E-state index contributed by atoms with van der Waals surface area (Å²) in [5.41, 5.74) is 2.38. The van der Waals surface area contributed by atoms with E-state index in [2.05, 4.69) is 23.5 Å². The summed E-state index contributed by atoms with van der Waals surface area (Å²) in [4.78, 5) is 0. The van der Waals surface area contributed by atoms with E-state index in [1.54, 1.807) is 0 Å². The minimum Gasteiger partial charge on any atom is -0.309 e. The molecular formula is C18H15Cl2N. The zero-order valence-corrected chi connectivity index (χ0v) is 13.1. The third-order valence-corrected chi connectivity index (χ3v) is 4.29. The normalized spacial score (nSPS) is 12.5. The molecule has 3 heteroatoms. The van der Waals surface area contributed by atoms with Crippen LogP contribution in [-0.4, -0.2) is 7.05 Å². The van der Waals surface area contributed by atoms with Crippen LogP contribution in [0.25, 0.3) is 10.8 Å². The van der Waals surface area contributed by atoms with Crippen LogP contribution >= 0.6 is 23.2 Å². The monoisotopic (exact) mass is 315 g/mol. The Bertz CT molecular complexity index is 766. The van der Waals surface area contributed by atoms with Crippen LogP contribution in [-0.2, 0) is 0 Å². The molecule has 3 aromatic rings. The van der Waals surface area contributed by atoms with Gasteiger partial charge in [-0.05, 0) is 41.8 Å². The van der Waals surface area contributed by atoms with Crippen molar-refractivity contribution in [3.05, 3.63) is 81.8 Å². The molecule has 0 saturated heterocycles. The van der Waals surface area contributed by atoms with Gasteiger partial charge >= 0.3 is 0 Å². The van der Waals surface area contributed by atoms with Crippen molar-refractivity contribution in [2.75, 3.05) is 7.05 Å². The molecule has 0 spiro atoms. The fraction of sp³-hybridized carbons (Fsp3) is 0.111. The second kappa shape index (κ2) is 6.07. The van der Waals surface area contributed by atoms with Gasteiger partial charge in [-0.15, -0.1) is 0 Å². The highest BCUT2D eigenvalue weighted by Gasteiger charge is 2.15. The minimum atomic E-state index is 0.101. The van der Waals surface area contributed by atoms with Gasteiger partial charge in [0.25, 0.3) is 0 Å². The van der Waals surface area contributed by atoms with Gasteiger partial charge in [0.2, 0.25) is 0 Å². The molecule has 0 fully saturated rings. The maximum Gasteiger partial charge on any atom is 0.0580 e. The largest absolute Gasteiger partial charge is 0.309 e. The van der Waals surface area contributed by atoms with Gasteiger partial charge in [-0.3, -0.25) is 0 Å². The summed E-state index contributed by atoms with van der Waals surface area (Å²) in [6.45, 7) is 0. The molecule has 106 valence electrons. The Balaban J connectivity index is 2.17. The topological polar surface area (TPSA) is 12.0 Å². The Morgan fingerprint density at radius 1 is 0.810 bits per heavy atom. The van der Waals surface area contributed by atoms with E-state index in [1.165, 1.54) is 16.5 Å². The van der Waals surface area contributed by atoms with Crippen molar-refractivity contribution in [2.24, 2.45) is 0 Å². The fourth-order valence-electron chi connectivity index (χ4n) is 2.69. The number of fused-ring (bicyclic) bond motifs is 1. The van der Waals surface area contributed by atoms with Gasteiger partial charge in [-0.2, -0.15) is 0 Å². The van der Waals surface area contributed by atoms with Crippen LogP contribution < -0.4 is 5.32 Å². The lowest BCUT2D eigenvalue weighted by atomic mass is 9.94. The Labute approximate surface area is 134 Å². The van der Waals surface area contributed by atoms with Gasteiger partial charge in [0.15, 0.2) is 0 Å². The maximum absolute atomic E-state index is 6.31. The standard InChI is InChI=1S/C18H15Cl2N/c1-21-18(12-6-8-13(19)9-7-12)16-10-11-17(20)15-5-3-2-4-14(15)16/h2-11,18,21H,1H3. The lowest BCUT2D eigenvalue weighted by Gasteiger charge is -2.20. The second-order valence-corrected chi connectivity index (χ2v) is 5.80. The van der Waals surface area contributed by atoms with Crippen molar-refractivity contribution in [2.45, 2.75) is 6.04 Å². The summed E-state index contributed by atoms with van der Waals surface area (Å²) in [7, 11) is 1.96. The summed E-state index contributed by atoms with van der Waals surface area (Å²) in [6.07, 6.45) is 0. The van der Waals surface area contributed by atoms with Crippen molar-refractivity contribution in [3.8, 4) is 0 Å². The third-order valence-electron chi connectivity index (χ3n) is 3.71. The van der Waals surface area contributed by atoms with Crippen molar-refractivity contribution < 1.29 is 0 Å². The second-order valence-electron chi connectivity index (χ2n) is 4.96. The van der Waals surface area contributed by atoms with Crippen LogP contribution in [0.15, 0.2) is 60.7 Å². The molecule has 0 aliphatic carbocycles. The lowest BCUT2D eigenvalue weighted by Crippen LogP contribution is -2.17.